The number of fused-ring (bicyclic) bond motifs is 1. The largest absolute Gasteiger partial charge is 0.365 e. The summed E-state index contributed by atoms with van der Waals surface area (Å²) in [5, 5.41) is 3.45. The standard InChI is InChI=1S/C21H20ClN3O2S2.ClH/c22-17-7-6-14(28-17)10-18(26)24-21-19(20(23)27)15-8-9-25(12-16(15)29-21)11-13-4-2-1-3-5-13;/h1-7H,8-12H2,(H2,23,27)(H,24,26);1H. The molecule has 1 aliphatic heterocycles. The number of rotatable bonds is 6. The summed E-state index contributed by atoms with van der Waals surface area (Å²) in [6.07, 6.45) is 0.964. The van der Waals surface area contributed by atoms with Crippen LogP contribution < -0.4 is 11.1 Å². The van der Waals surface area contributed by atoms with Gasteiger partial charge in [-0.1, -0.05) is 41.9 Å². The molecular weight excluding hydrogens is 461 g/mol. The topological polar surface area (TPSA) is 75.4 Å². The lowest BCUT2D eigenvalue weighted by Crippen LogP contribution is -2.30. The molecule has 2 aromatic heterocycles. The van der Waals surface area contributed by atoms with E-state index in [2.05, 4.69) is 22.3 Å². The Morgan fingerprint density at radius 2 is 1.90 bits per heavy atom. The number of nitrogens with one attached hydrogen (secondary N) is 1. The average molecular weight is 482 g/mol. The van der Waals surface area contributed by atoms with E-state index in [1.54, 1.807) is 6.07 Å². The zero-order valence-corrected chi connectivity index (χ0v) is 19.2. The highest BCUT2D eigenvalue weighted by atomic mass is 35.5. The number of anilines is 1. The van der Waals surface area contributed by atoms with Crippen molar-refractivity contribution in [2.24, 2.45) is 5.73 Å². The number of primary amides is 1. The number of carbonyl (C=O) groups excluding carboxylic acids is 2. The second-order valence-corrected chi connectivity index (χ2v) is 9.85. The van der Waals surface area contributed by atoms with Crippen LogP contribution >= 0.6 is 46.7 Å². The van der Waals surface area contributed by atoms with Crippen molar-refractivity contribution in [1.82, 2.24) is 4.90 Å². The van der Waals surface area contributed by atoms with Crippen molar-refractivity contribution in [2.45, 2.75) is 25.9 Å². The minimum Gasteiger partial charge on any atom is -0.365 e. The lowest BCUT2D eigenvalue weighted by atomic mass is 10.0. The molecule has 0 saturated carbocycles. The summed E-state index contributed by atoms with van der Waals surface area (Å²) in [5.74, 6) is -0.667. The van der Waals surface area contributed by atoms with Crippen molar-refractivity contribution in [2.75, 3.05) is 11.9 Å². The second kappa shape index (κ2) is 9.94. The van der Waals surface area contributed by atoms with Crippen LogP contribution in [0.2, 0.25) is 4.34 Å². The Kier molecular flexibility index (Phi) is 7.55. The highest BCUT2D eigenvalue weighted by Gasteiger charge is 2.27. The first kappa shape index (κ1) is 22.8. The molecule has 3 aromatic rings. The first-order valence-electron chi connectivity index (χ1n) is 9.24. The van der Waals surface area contributed by atoms with Crippen LogP contribution in [-0.4, -0.2) is 23.3 Å². The fourth-order valence-corrected chi connectivity index (χ4v) is 5.96. The van der Waals surface area contributed by atoms with Gasteiger partial charge < -0.3 is 11.1 Å². The van der Waals surface area contributed by atoms with Gasteiger partial charge in [-0.3, -0.25) is 14.5 Å². The van der Waals surface area contributed by atoms with Gasteiger partial charge >= 0.3 is 0 Å². The molecule has 1 aromatic carbocycles. The molecule has 0 bridgehead atoms. The summed E-state index contributed by atoms with van der Waals surface area (Å²) in [4.78, 5) is 28.9. The number of benzene rings is 1. The molecule has 1 aliphatic rings. The predicted molar refractivity (Wildman–Crippen MR) is 126 cm³/mol. The monoisotopic (exact) mass is 481 g/mol. The van der Waals surface area contributed by atoms with Crippen LogP contribution in [0.3, 0.4) is 0 Å². The summed E-state index contributed by atoms with van der Waals surface area (Å²) in [7, 11) is 0. The van der Waals surface area contributed by atoms with Gasteiger partial charge in [0, 0.05) is 29.4 Å². The summed E-state index contributed by atoms with van der Waals surface area (Å²) in [6, 6.07) is 13.9. The van der Waals surface area contributed by atoms with Crippen molar-refractivity contribution in [1.29, 1.82) is 0 Å². The average Bonchev–Trinajstić information content (AvgIpc) is 3.24. The molecule has 9 heteroatoms. The summed E-state index contributed by atoms with van der Waals surface area (Å²) < 4.78 is 0.649. The normalized spacial score (nSPS) is 13.4. The fourth-order valence-electron chi connectivity index (χ4n) is 3.56. The van der Waals surface area contributed by atoms with Gasteiger partial charge in [-0.2, -0.15) is 0 Å². The van der Waals surface area contributed by atoms with Gasteiger partial charge in [-0.25, -0.2) is 0 Å². The Labute approximate surface area is 194 Å². The highest BCUT2D eigenvalue weighted by molar-refractivity contribution is 7.17. The van der Waals surface area contributed by atoms with Crippen LogP contribution in [-0.2, 0) is 30.7 Å². The molecule has 0 saturated heterocycles. The molecule has 0 aliphatic carbocycles. The van der Waals surface area contributed by atoms with E-state index in [9.17, 15) is 9.59 Å². The Morgan fingerprint density at radius 1 is 1.13 bits per heavy atom. The molecule has 3 N–H and O–H groups in total. The van der Waals surface area contributed by atoms with Crippen molar-refractivity contribution >= 4 is 63.5 Å². The van der Waals surface area contributed by atoms with E-state index in [-0.39, 0.29) is 24.7 Å². The molecule has 30 heavy (non-hydrogen) atoms. The van der Waals surface area contributed by atoms with Gasteiger partial charge in [0.2, 0.25) is 5.91 Å². The first-order chi connectivity index (χ1) is 14.0. The summed E-state index contributed by atoms with van der Waals surface area (Å²) in [6.45, 7) is 2.44. The number of hydrogen-bond donors (Lipinski definition) is 2. The first-order valence-corrected chi connectivity index (χ1v) is 11.3. The van der Waals surface area contributed by atoms with E-state index in [0.29, 0.717) is 14.9 Å². The minimum atomic E-state index is -0.492. The molecule has 0 spiro atoms. The number of halogens is 2. The number of thiophene rings is 2. The molecule has 5 nitrogen and oxygen atoms in total. The lowest BCUT2D eigenvalue weighted by molar-refractivity contribution is -0.115. The summed E-state index contributed by atoms with van der Waals surface area (Å²) >= 11 is 8.76. The van der Waals surface area contributed by atoms with Crippen LogP contribution in [0.1, 0.15) is 31.2 Å². The Morgan fingerprint density at radius 3 is 2.57 bits per heavy atom. The zero-order chi connectivity index (χ0) is 20.4. The smallest absolute Gasteiger partial charge is 0.251 e. The third-order valence-electron chi connectivity index (χ3n) is 4.85. The summed E-state index contributed by atoms with van der Waals surface area (Å²) in [5.41, 5.74) is 8.35. The lowest BCUT2D eigenvalue weighted by Gasteiger charge is -2.27. The van der Waals surface area contributed by atoms with Gasteiger partial charge in [0.05, 0.1) is 16.3 Å². The third kappa shape index (κ3) is 5.22. The Hall–Kier alpha value is -1.90. The zero-order valence-electron chi connectivity index (χ0n) is 16.0. The number of nitrogens with zero attached hydrogens (tertiary/aromatic N) is 1. The number of amides is 2. The van der Waals surface area contributed by atoms with Gasteiger partial charge in [0.15, 0.2) is 0 Å². The molecule has 2 amide bonds. The molecule has 0 fully saturated rings. The second-order valence-electron chi connectivity index (χ2n) is 6.95. The quantitative estimate of drug-likeness (QED) is 0.534. The molecular formula is C21H21Cl2N3O2S2. The predicted octanol–water partition coefficient (Wildman–Crippen LogP) is 4.72. The van der Waals surface area contributed by atoms with Gasteiger partial charge in [0.1, 0.15) is 5.00 Å². The fraction of sp³-hybridized carbons (Fsp3) is 0.238. The molecule has 0 radical (unpaired) electrons. The highest BCUT2D eigenvalue weighted by Crippen LogP contribution is 2.37. The van der Waals surface area contributed by atoms with Gasteiger partial charge in [-0.05, 0) is 29.7 Å². The van der Waals surface area contributed by atoms with Crippen LogP contribution in [0, 0.1) is 0 Å². The van der Waals surface area contributed by atoms with Gasteiger partial charge in [-0.15, -0.1) is 35.1 Å². The third-order valence-corrected chi connectivity index (χ3v) is 7.21. The maximum Gasteiger partial charge on any atom is 0.251 e. The van der Waals surface area contributed by atoms with E-state index in [1.165, 1.54) is 28.2 Å². The van der Waals surface area contributed by atoms with Crippen molar-refractivity contribution < 1.29 is 9.59 Å². The van der Waals surface area contributed by atoms with Crippen LogP contribution in [0.25, 0.3) is 0 Å². The van der Waals surface area contributed by atoms with E-state index in [1.807, 2.05) is 24.3 Å². The van der Waals surface area contributed by atoms with Crippen molar-refractivity contribution in [3.05, 3.63) is 73.2 Å². The number of nitrogens with two attached hydrogens (primary N) is 1. The van der Waals surface area contributed by atoms with E-state index in [4.69, 9.17) is 17.3 Å². The van der Waals surface area contributed by atoms with Crippen molar-refractivity contribution in [3.63, 3.8) is 0 Å². The maximum atomic E-state index is 12.5. The van der Waals surface area contributed by atoms with E-state index in [0.717, 1.165) is 41.4 Å². The Balaban J connectivity index is 0.00000256. The SMILES string of the molecule is Cl.NC(=O)c1c(NC(=O)Cc2ccc(Cl)s2)sc2c1CCN(Cc1ccccc1)C2. The van der Waals surface area contributed by atoms with Gasteiger partial charge in [0.25, 0.3) is 5.91 Å². The van der Waals surface area contributed by atoms with E-state index >= 15 is 0 Å². The number of hydrogen-bond acceptors (Lipinski definition) is 5. The van der Waals surface area contributed by atoms with Crippen LogP contribution in [0.15, 0.2) is 42.5 Å². The van der Waals surface area contributed by atoms with Crippen LogP contribution in [0.4, 0.5) is 5.00 Å². The molecule has 0 atom stereocenters. The molecule has 0 unspecified atom stereocenters. The molecule has 4 rings (SSSR count). The van der Waals surface area contributed by atoms with Crippen molar-refractivity contribution in [3.8, 4) is 0 Å². The maximum absolute atomic E-state index is 12.5. The molecule has 158 valence electrons. The van der Waals surface area contributed by atoms with E-state index < -0.39 is 5.91 Å². The number of carbonyl (C=O) groups is 2. The minimum absolute atomic E-state index is 0. The Bertz CT molecular complexity index is 1050. The molecule has 3 heterocycles. The van der Waals surface area contributed by atoms with Crippen LogP contribution in [0.5, 0.6) is 0 Å².